The number of ether oxygens (including phenoxy) is 1. The van der Waals surface area contributed by atoms with Crippen molar-refractivity contribution in [1.82, 2.24) is 10.2 Å². The van der Waals surface area contributed by atoms with Crippen LogP contribution in [0.4, 0.5) is 0 Å². The van der Waals surface area contributed by atoms with Gasteiger partial charge in [-0.15, -0.1) is 0 Å². The SMILES string of the molecule is CCC(C(=O)NC1CCCC1)N(Cc1ccccc1C)C(=O)COc1ccc2ccccc2c1Br. The summed E-state index contributed by atoms with van der Waals surface area (Å²) in [6, 6.07) is 19.5. The van der Waals surface area contributed by atoms with Gasteiger partial charge in [-0.3, -0.25) is 9.59 Å². The number of aryl methyl sites for hydroxylation is 1. The minimum Gasteiger partial charge on any atom is -0.483 e. The van der Waals surface area contributed by atoms with Crippen LogP contribution in [0.2, 0.25) is 0 Å². The second-order valence-electron chi connectivity index (χ2n) is 9.25. The van der Waals surface area contributed by atoms with E-state index in [1.165, 1.54) is 0 Å². The molecule has 1 aliphatic rings. The standard InChI is InChI=1S/C29H33BrN2O3/c1-3-25(29(34)31-23-13-7-8-14-23)32(18-22-12-5-4-10-20(22)2)27(33)19-35-26-17-16-21-11-6-9-15-24(21)28(26)30/h4-6,9-12,15-17,23,25H,3,7-8,13-14,18-19H2,1-2H3,(H,31,34). The van der Waals surface area contributed by atoms with Crippen molar-refractivity contribution in [2.24, 2.45) is 0 Å². The first-order chi connectivity index (χ1) is 17.0. The smallest absolute Gasteiger partial charge is 0.261 e. The number of fused-ring (bicyclic) bond motifs is 1. The summed E-state index contributed by atoms with van der Waals surface area (Å²) in [4.78, 5) is 28.5. The number of hydrogen-bond donors (Lipinski definition) is 1. The Hall–Kier alpha value is -2.86. The highest BCUT2D eigenvalue weighted by atomic mass is 79.9. The van der Waals surface area contributed by atoms with E-state index in [-0.39, 0.29) is 24.5 Å². The van der Waals surface area contributed by atoms with Gasteiger partial charge in [-0.2, -0.15) is 0 Å². The van der Waals surface area contributed by atoms with Crippen LogP contribution in [0.25, 0.3) is 10.8 Å². The molecule has 1 N–H and O–H groups in total. The van der Waals surface area contributed by atoms with Gasteiger partial charge in [0.2, 0.25) is 5.91 Å². The van der Waals surface area contributed by atoms with Gasteiger partial charge in [-0.05, 0) is 70.1 Å². The molecule has 35 heavy (non-hydrogen) atoms. The maximum absolute atomic E-state index is 13.6. The first-order valence-corrected chi connectivity index (χ1v) is 13.2. The van der Waals surface area contributed by atoms with Crippen molar-refractivity contribution in [2.45, 2.75) is 64.6 Å². The van der Waals surface area contributed by atoms with E-state index in [4.69, 9.17) is 4.74 Å². The van der Waals surface area contributed by atoms with Gasteiger partial charge in [-0.1, -0.05) is 74.4 Å². The molecule has 184 valence electrons. The summed E-state index contributed by atoms with van der Waals surface area (Å²) in [5.41, 5.74) is 2.12. The first-order valence-electron chi connectivity index (χ1n) is 12.4. The van der Waals surface area contributed by atoms with Crippen LogP contribution in [0.5, 0.6) is 5.75 Å². The van der Waals surface area contributed by atoms with Crippen LogP contribution >= 0.6 is 15.9 Å². The molecule has 3 aromatic carbocycles. The van der Waals surface area contributed by atoms with E-state index in [1.807, 2.05) is 74.5 Å². The summed E-state index contributed by atoms with van der Waals surface area (Å²) in [6.45, 7) is 4.21. The molecule has 0 saturated heterocycles. The fourth-order valence-corrected chi connectivity index (χ4v) is 5.41. The Labute approximate surface area is 216 Å². The van der Waals surface area contributed by atoms with Crippen LogP contribution in [-0.2, 0) is 16.1 Å². The maximum atomic E-state index is 13.6. The van der Waals surface area contributed by atoms with Crippen LogP contribution in [-0.4, -0.2) is 35.4 Å². The number of benzene rings is 3. The van der Waals surface area contributed by atoms with Crippen molar-refractivity contribution < 1.29 is 14.3 Å². The molecule has 1 fully saturated rings. The monoisotopic (exact) mass is 536 g/mol. The third-order valence-electron chi connectivity index (χ3n) is 6.87. The predicted molar refractivity (Wildman–Crippen MR) is 143 cm³/mol. The van der Waals surface area contributed by atoms with E-state index in [0.717, 1.165) is 52.1 Å². The molecule has 0 spiro atoms. The van der Waals surface area contributed by atoms with E-state index in [1.54, 1.807) is 4.90 Å². The van der Waals surface area contributed by atoms with Gasteiger partial charge in [0.25, 0.3) is 5.91 Å². The number of carbonyl (C=O) groups excluding carboxylic acids is 2. The highest BCUT2D eigenvalue weighted by molar-refractivity contribution is 9.10. The van der Waals surface area contributed by atoms with Gasteiger partial charge in [0.15, 0.2) is 6.61 Å². The Bertz CT molecular complexity index is 1190. The molecule has 5 nitrogen and oxygen atoms in total. The number of nitrogens with one attached hydrogen (secondary N) is 1. The number of halogens is 1. The van der Waals surface area contributed by atoms with Crippen molar-refractivity contribution in [2.75, 3.05) is 6.61 Å². The summed E-state index contributed by atoms with van der Waals surface area (Å²) in [5, 5.41) is 5.30. The van der Waals surface area contributed by atoms with Crippen molar-refractivity contribution >= 4 is 38.5 Å². The zero-order valence-electron chi connectivity index (χ0n) is 20.4. The Morgan fingerprint density at radius 2 is 1.77 bits per heavy atom. The summed E-state index contributed by atoms with van der Waals surface area (Å²) in [7, 11) is 0. The van der Waals surface area contributed by atoms with Gasteiger partial charge in [0.1, 0.15) is 11.8 Å². The highest BCUT2D eigenvalue weighted by Gasteiger charge is 2.31. The average molecular weight is 537 g/mol. The second-order valence-corrected chi connectivity index (χ2v) is 10.0. The molecule has 0 radical (unpaired) electrons. The lowest BCUT2D eigenvalue weighted by Crippen LogP contribution is -2.52. The van der Waals surface area contributed by atoms with Gasteiger partial charge >= 0.3 is 0 Å². The molecule has 1 saturated carbocycles. The van der Waals surface area contributed by atoms with Crippen molar-refractivity contribution in [3.05, 3.63) is 76.3 Å². The zero-order valence-corrected chi connectivity index (χ0v) is 22.0. The van der Waals surface area contributed by atoms with Crippen molar-refractivity contribution in [1.29, 1.82) is 0 Å². The van der Waals surface area contributed by atoms with Crippen LogP contribution in [0.3, 0.4) is 0 Å². The van der Waals surface area contributed by atoms with E-state index < -0.39 is 6.04 Å². The van der Waals surface area contributed by atoms with E-state index in [9.17, 15) is 9.59 Å². The van der Waals surface area contributed by atoms with Gasteiger partial charge in [0.05, 0.1) is 4.47 Å². The van der Waals surface area contributed by atoms with Crippen LogP contribution in [0, 0.1) is 6.92 Å². The summed E-state index contributed by atoms with van der Waals surface area (Å²) < 4.78 is 6.81. The molecular formula is C29H33BrN2O3. The minimum atomic E-state index is -0.550. The Morgan fingerprint density at radius 3 is 2.51 bits per heavy atom. The third-order valence-corrected chi connectivity index (χ3v) is 7.69. The molecule has 0 heterocycles. The molecule has 2 amide bonds. The summed E-state index contributed by atoms with van der Waals surface area (Å²) in [6.07, 6.45) is 4.83. The molecule has 0 aliphatic heterocycles. The lowest BCUT2D eigenvalue weighted by molar-refractivity contribution is -0.143. The molecular weight excluding hydrogens is 504 g/mol. The quantitative estimate of drug-likeness (QED) is 0.356. The third kappa shape index (κ3) is 6.04. The van der Waals surface area contributed by atoms with Crippen LogP contribution < -0.4 is 10.1 Å². The zero-order chi connectivity index (χ0) is 24.8. The molecule has 0 aromatic heterocycles. The van der Waals surface area contributed by atoms with E-state index in [0.29, 0.717) is 18.7 Å². The lowest BCUT2D eigenvalue weighted by atomic mass is 10.1. The van der Waals surface area contributed by atoms with E-state index >= 15 is 0 Å². The fraction of sp³-hybridized carbons (Fsp3) is 0.379. The second kappa shape index (κ2) is 11.7. The Morgan fingerprint density at radius 1 is 1.06 bits per heavy atom. The summed E-state index contributed by atoms with van der Waals surface area (Å²) in [5.74, 6) is 0.325. The van der Waals surface area contributed by atoms with Crippen LogP contribution in [0.15, 0.2) is 65.1 Å². The number of amides is 2. The van der Waals surface area contributed by atoms with E-state index in [2.05, 4.69) is 21.2 Å². The minimum absolute atomic E-state index is 0.0757. The van der Waals surface area contributed by atoms with Gasteiger partial charge in [-0.25, -0.2) is 0 Å². The molecule has 6 heteroatoms. The predicted octanol–water partition coefficient (Wildman–Crippen LogP) is 6.16. The molecule has 0 bridgehead atoms. The maximum Gasteiger partial charge on any atom is 0.261 e. The number of nitrogens with zero attached hydrogens (tertiary/aromatic N) is 1. The Kier molecular flexibility index (Phi) is 8.45. The molecule has 1 aliphatic carbocycles. The number of hydrogen-bond acceptors (Lipinski definition) is 3. The number of rotatable bonds is 9. The van der Waals surface area contributed by atoms with Gasteiger partial charge < -0.3 is 15.0 Å². The highest BCUT2D eigenvalue weighted by Crippen LogP contribution is 2.33. The topological polar surface area (TPSA) is 58.6 Å². The Balaban J connectivity index is 1.54. The van der Waals surface area contributed by atoms with Crippen molar-refractivity contribution in [3.63, 3.8) is 0 Å². The first kappa shape index (κ1) is 25.2. The van der Waals surface area contributed by atoms with Crippen LogP contribution in [0.1, 0.15) is 50.2 Å². The molecule has 1 unspecified atom stereocenters. The molecule has 3 aromatic rings. The number of carbonyl (C=O) groups is 2. The van der Waals surface area contributed by atoms with Gasteiger partial charge in [0, 0.05) is 12.6 Å². The molecule has 4 rings (SSSR count). The normalized spacial score (nSPS) is 14.6. The summed E-state index contributed by atoms with van der Waals surface area (Å²) >= 11 is 3.63. The largest absolute Gasteiger partial charge is 0.483 e. The van der Waals surface area contributed by atoms with Crippen molar-refractivity contribution in [3.8, 4) is 5.75 Å². The lowest BCUT2D eigenvalue weighted by Gasteiger charge is -2.32. The fourth-order valence-electron chi connectivity index (χ4n) is 4.81. The average Bonchev–Trinajstić information content (AvgIpc) is 3.37. The molecule has 1 atom stereocenters.